The molecule has 0 saturated carbocycles. The van der Waals surface area contributed by atoms with Crippen LogP contribution in [0.5, 0.6) is 0 Å². The molecule has 5 nitrogen and oxygen atoms in total. The maximum Gasteiger partial charge on any atom is 0.314 e. The van der Waals surface area contributed by atoms with Gasteiger partial charge in [0.15, 0.2) is 0 Å². The molecule has 1 rings (SSSR count). The van der Waals surface area contributed by atoms with Crippen LogP contribution in [-0.4, -0.2) is 40.0 Å². The zero-order valence-electron chi connectivity index (χ0n) is 13.6. The molecule has 21 heavy (non-hydrogen) atoms. The molecule has 1 aromatic rings. The minimum absolute atomic E-state index is 0.0288. The molecule has 0 radical (unpaired) electrons. The zero-order chi connectivity index (χ0) is 16.1. The van der Waals surface area contributed by atoms with Crippen molar-refractivity contribution >= 4 is 28.5 Å². The Morgan fingerprint density at radius 1 is 1.14 bits per heavy atom. The van der Waals surface area contributed by atoms with Crippen molar-refractivity contribution in [3.63, 3.8) is 0 Å². The summed E-state index contributed by atoms with van der Waals surface area (Å²) in [7, 11) is -3.71. The number of aromatic nitrogens is 1. The predicted molar refractivity (Wildman–Crippen MR) is 89.5 cm³/mol. The van der Waals surface area contributed by atoms with Crippen molar-refractivity contribution < 1.29 is 13.6 Å². The number of aliphatic imine (C=N–C) groups is 1. The number of hydrogen-bond donors (Lipinski definition) is 0. The monoisotopic (exact) mass is 324 g/mol. The van der Waals surface area contributed by atoms with E-state index in [2.05, 4.69) is 29.6 Å². The lowest BCUT2D eigenvalue weighted by molar-refractivity contribution is -0.133. The predicted octanol–water partition coefficient (Wildman–Crippen LogP) is 3.06. The number of pyridine rings is 1. The van der Waals surface area contributed by atoms with Gasteiger partial charge in [0.25, 0.3) is 0 Å². The average Bonchev–Trinajstić information content (AvgIpc) is 2.32. The molecule has 0 N–H and O–H groups in total. The molecule has 1 aromatic heterocycles. The Labute approximate surface area is 128 Å². The van der Waals surface area contributed by atoms with Crippen LogP contribution in [0.2, 0.25) is 39.3 Å². The summed E-state index contributed by atoms with van der Waals surface area (Å²) >= 11 is 0. The van der Waals surface area contributed by atoms with E-state index in [4.69, 9.17) is 8.85 Å². The molecule has 0 atom stereocenters. The maximum absolute atomic E-state index is 11.8. The standard InChI is InChI=1S/C14H24N2O3Si2/c1-20(2,3)18-13(17)11-16-14(19-21(4,5)6)12-8-7-9-15-10-12/h7-10H,11H2,1-6H3. The summed E-state index contributed by atoms with van der Waals surface area (Å²) in [6.45, 7) is 12.1. The van der Waals surface area contributed by atoms with Gasteiger partial charge < -0.3 is 8.85 Å². The molecule has 0 spiro atoms. The Morgan fingerprint density at radius 3 is 2.24 bits per heavy atom. The highest BCUT2D eigenvalue weighted by atomic mass is 28.4. The fourth-order valence-corrected chi connectivity index (χ4v) is 2.98. The van der Waals surface area contributed by atoms with E-state index in [1.807, 2.05) is 31.8 Å². The molecule has 0 saturated heterocycles. The SMILES string of the molecule is C[Si](C)(C)OC(=O)CN=C(O[Si](C)(C)C)c1cccnc1. The first kappa shape index (κ1) is 17.6. The van der Waals surface area contributed by atoms with E-state index in [-0.39, 0.29) is 12.5 Å². The van der Waals surface area contributed by atoms with E-state index < -0.39 is 16.6 Å². The van der Waals surface area contributed by atoms with Crippen LogP contribution >= 0.6 is 0 Å². The number of hydrogen-bond acceptors (Lipinski definition) is 5. The second-order valence-electron chi connectivity index (χ2n) is 6.66. The van der Waals surface area contributed by atoms with Gasteiger partial charge >= 0.3 is 5.97 Å². The number of carbonyl (C=O) groups is 1. The van der Waals surface area contributed by atoms with E-state index in [1.54, 1.807) is 12.4 Å². The Morgan fingerprint density at radius 2 is 1.76 bits per heavy atom. The highest BCUT2D eigenvalue weighted by molar-refractivity contribution is 6.71. The van der Waals surface area contributed by atoms with Gasteiger partial charge in [0.05, 0.1) is 5.56 Å². The van der Waals surface area contributed by atoms with Crippen molar-refractivity contribution in [3.05, 3.63) is 30.1 Å². The Balaban J connectivity index is 2.87. The highest BCUT2D eigenvalue weighted by Crippen LogP contribution is 2.10. The van der Waals surface area contributed by atoms with Gasteiger partial charge in [0.1, 0.15) is 6.54 Å². The first-order chi connectivity index (χ1) is 9.57. The summed E-state index contributed by atoms with van der Waals surface area (Å²) in [6.07, 6.45) is 3.37. The zero-order valence-corrected chi connectivity index (χ0v) is 15.6. The first-order valence-electron chi connectivity index (χ1n) is 6.92. The highest BCUT2D eigenvalue weighted by Gasteiger charge is 2.22. The summed E-state index contributed by atoms with van der Waals surface area (Å²) in [5, 5.41) is 0. The van der Waals surface area contributed by atoms with Crippen LogP contribution in [0.1, 0.15) is 5.56 Å². The summed E-state index contributed by atoms with van der Waals surface area (Å²) in [5.41, 5.74) is 0.778. The summed E-state index contributed by atoms with van der Waals surface area (Å²) in [4.78, 5) is 20.2. The molecule has 0 bridgehead atoms. The number of nitrogens with zero attached hydrogens (tertiary/aromatic N) is 2. The Hall–Kier alpha value is -1.48. The van der Waals surface area contributed by atoms with E-state index >= 15 is 0 Å². The van der Waals surface area contributed by atoms with Gasteiger partial charge in [-0.25, -0.2) is 4.99 Å². The normalized spacial score (nSPS) is 13.0. The van der Waals surface area contributed by atoms with Crippen LogP contribution in [0.3, 0.4) is 0 Å². The largest absolute Gasteiger partial charge is 0.531 e. The Kier molecular flexibility index (Phi) is 5.85. The van der Waals surface area contributed by atoms with E-state index in [0.29, 0.717) is 5.90 Å². The lowest BCUT2D eigenvalue weighted by Gasteiger charge is -2.21. The van der Waals surface area contributed by atoms with Crippen LogP contribution in [0.25, 0.3) is 0 Å². The third-order valence-electron chi connectivity index (χ3n) is 2.08. The minimum Gasteiger partial charge on any atom is -0.531 e. The van der Waals surface area contributed by atoms with Crippen LogP contribution < -0.4 is 0 Å². The van der Waals surface area contributed by atoms with E-state index in [9.17, 15) is 4.79 Å². The van der Waals surface area contributed by atoms with Gasteiger partial charge in [0.2, 0.25) is 22.5 Å². The molecule has 7 heteroatoms. The fourth-order valence-electron chi connectivity index (χ4n) is 1.47. The van der Waals surface area contributed by atoms with Gasteiger partial charge in [-0.2, -0.15) is 0 Å². The smallest absolute Gasteiger partial charge is 0.314 e. The molecule has 0 unspecified atom stereocenters. The fraction of sp³-hybridized carbons (Fsp3) is 0.500. The van der Waals surface area contributed by atoms with Crippen LogP contribution in [0.4, 0.5) is 0 Å². The molecular formula is C14H24N2O3Si2. The van der Waals surface area contributed by atoms with Crippen molar-refractivity contribution in [1.82, 2.24) is 4.98 Å². The van der Waals surface area contributed by atoms with Crippen molar-refractivity contribution in [2.45, 2.75) is 39.3 Å². The molecule has 1 heterocycles. The van der Waals surface area contributed by atoms with Crippen LogP contribution in [0, 0.1) is 0 Å². The molecule has 116 valence electrons. The van der Waals surface area contributed by atoms with Gasteiger partial charge in [-0.3, -0.25) is 9.78 Å². The van der Waals surface area contributed by atoms with E-state index in [1.165, 1.54) is 0 Å². The van der Waals surface area contributed by atoms with Gasteiger partial charge in [-0.1, -0.05) is 0 Å². The second-order valence-corrected chi connectivity index (χ2v) is 15.5. The molecule has 0 aliphatic heterocycles. The quantitative estimate of drug-likeness (QED) is 0.474. The third-order valence-corrected chi connectivity index (χ3v) is 3.73. The van der Waals surface area contributed by atoms with Gasteiger partial charge in [-0.15, -0.1) is 0 Å². The molecule has 0 aliphatic carbocycles. The van der Waals surface area contributed by atoms with Crippen molar-refractivity contribution in [2.75, 3.05) is 6.54 Å². The first-order valence-corrected chi connectivity index (χ1v) is 13.7. The third kappa shape index (κ3) is 7.76. The molecule has 0 aliphatic rings. The number of carbonyl (C=O) groups excluding carboxylic acids is 1. The van der Waals surface area contributed by atoms with E-state index in [0.717, 1.165) is 5.56 Å². The minimum atomic E-state index is -1.88. The summed E-state index contributed by atoms with van der Waals surface area (Å²) < 4.78 is 11.3. The molecule has 0 aromatic carbocycles. The van der Waals surface area contributed by atoms with Gasteiger partial charge in [0, 0.05) is 12.4 Å². The lowest BCUT2D eigenvalue weighted by Crippen LogP contribution is -2.32. The van der Waals surface area contributed by atoms with Crippen molar-refractivity contribution in [2.24, 2.45) is 4.99 Å². The molecular weight excluding hydrogens is 300 g/mol. The van der Waals surface area contributed by atoms with Crippen molar-refractivity contribution in [3.8, 4) is 0 Å². The van der Waals surface area contributed by atoms with Crippen LogP contribution in [0.15, 0.2) is 29.5 Å². The second kappa shape index (κ2) is 6.99. The summed E-state index contributed by atoms with van der Waals surface area (Å²) in [5.74, 6) is 0.157. The molecule has 0 amide bonds. The van der Waals surface area contributed by atoms with Gasteiger partial charge in [-0.05, 0) is 51.4 Å². The lowest BCUT2D eigenvalue weighted by atomic mass is 10.3. The Bertz CT molecular complexity index is 505. The average molecular weight is 325 g/mol. The maximum atomic E-state index is 11.8. The topological polar surface area (TPSA) is 60.8 Å². The number of rotatable bonds is 5. The summed E-state index contributed by atoms with van der Waals surface area (Å²) in [6, 6.07) is 3.69. The van der Waals surface area contributed by atoms with Crippen molar-refractivity contribution in [1.29, 1.82) is 0 Å². The van der Waals surface area contributed by atoms with Crippen LogP contribution in [-0.2, 0) is 13.6 Å². The molecule has 0 fully saturated rings.